The summed E-state index contributed by atoms with van der Waals surface area (Å²) in [4.78, 5) is 37.4. The highest BCUT2D eigenvalue weighted by Gasteiger charge is 2.33. The quantitative estimate of drug-likeness (QED) is 0.834. The largest absolute Gasteiger partial charge is 0.480 e. The molecule has 1 aromatic carbocycles. The number of benzene rings is 1. The monoisotopic (exact) mass is 266 g/mol. The second-order valence-corrected chi connectivity index (χ2v) is 4.60. The van der Waals surface area contributed by atoms with E-state index in [2.05, 4.69) is 4.98 Å². The van der Waals surface area contributed by atoms with Crippen LogP contribution in [-0.2, 0) is 10.3 Å². The predicted molar refractivity (Wildman–Crippen MR) is 65.7 cm³/mol. The third-order valence-electron chi connectivity index (χ3n) is 2.96. The number of hydrogen-bond acceptors (Lipinski definition) is 3. The number of aromatic nitrogens is 2. The molecular weight excluding hydrogens is 255 g/mol. The molecule has 19 heavy (non-hydrogen) atoms. The summed E-state index contributed by atoms with van der Waals surface area (Å²) in [5.74, 6) is -2.18. The van der Waals surface area contributed by atoms with Crippen molar-refractivity contribution in [3.8, 4) is 0 Å². The minimum absolute atomic E-state index is 0.0347. The molecule has 6 nitrogen and oxygen atoms in total. The number of halogens is 1. The second-order valence-electron chi connectivity index (χ2n) is 4.60. The van der Waals surface area contributed by atoms with E-state index < -0.39 is 28.6 Å². The van der Waals surface area contributed by atoms with Crippen molar-refractivity contribution in [1.29, 1.82) is 0 Å². The molecule has 0 unspecified atom stereocenters. The zero-order chi connectivity index (χ0) is 14.4. The summed E-state index contributed by atoms with van der Waals surface area (Å²) in [5.41, 5.74) is -3.60. The van der Waals surface area contributed by atoms with Gasteiger partial charge in [0, 0.05) is 0 Å². The van der Waals surface area contributed by atoms with Gasteiger partial charge in [-0.25, -0.2) is 18.5 Å². The Morgan fingerprint density at radius 3 is 2.58 bits per heavy atom. The van der Waals surface area contributed by atoms with E-state index in [1.165, 1.54) is 26.0 Å². The molecule has 0 radical (unpaired) electrons. The van der Waals surface area contributed by atoms with Crippen LogP contribution in [-0.4, -0.2) is 20.6 Å². The molecular formula is C12H11FN2O4. The van der Waals surface area contributed by atoms with E-state index in [1.54, 1.807) is 0 Å². The van der Waals surface area contributed by atoms with Gasteiger partial charge in [-0.05, 0) is 26.0 Å². The van der Waals surface area contributed by atoms with Gasteiger partial charge in [-0.2, -0.15) is 0 Å². The molecule has 0 amide bonds. The number of rotatable bonds is 2. The first-order valence-corrected chi connectivity index (χ1v) is 5.44. The number of carboxylic acids is 1. The summed E-state index contributed by atoms with van der Waals surface area (Å²) >= 11 is 0. The molecule has 7 heteroatoms. The predicted octanol–water partition coefficient (Wildman–Crippen LogP) is 0.649. The first-order valence-electron chi connectivity index (χ1n) is 5.44. The highest BCUT2D eigenvalue weighted by molar-refractivity contribution is 5.79. The van der Waals surface area contributed by atoms with Crippen LogP contribution in [0.25, 0.3) is 10.9 Å². The van der Waals surface area contributed by atoms with Gasteiger partial charge in [0.1, 0.15) is 11.4 Å². The van der Waals surface area contributed by atoms with Crippen LogP contribution < -0.4 is 11.2 Å². The van der Waals surface area contributed by atoms with E-state index >= 15 is 0 Å². The van der Waals surface area contributed by atoms with Crippen LogP contribution in [0, 0.1) is 5.82 Å². The van der Waals surface area contributed by atoms with Crippen molar-refractivity contribution in [3.63, 3.8) is 0 Å². The molecule has 0 aliphatic carbocycles. The van der Waals surface area contributed by atoms with Crippen molar-refractivity contribution in [2.24, 2.45) is 0 Å². The maximum Gasteiger partial charge on any atom is 0.329 e. The lowest BCUT2D eigenvalue weighted by Gasteiger charge is -2.21. The van der Waals surface area contributed by atoms with Crippen LogP contribution in [0.1, 0.15) is 13.8 Å². The van der Waals surface area contributed by atoms with Crippen LogP contribution in [0.15, 0.2) is 27.8 Å². The smallest absolute Gasteiger partial charge is 0.329 e. The highest BCUT2D eigenvalue weighted by Crippen LogP contribution is 2.14. The molecule has 1 heterocycles. The molecule has 100 valence electrons. The number of aliphatic carboxylic acids is 1. The number of hydrogen-bond donors (Lipinski definition) is 2. The van der Waals surface area contributed by atoms with Gasteiger partial charge in [0.2, 0.25) is 0 Å². The molecule has 0 bridgehead atoms. The van der Waals surface area contributed by atoms with E-state index in [9.17, 15) is 18.8 Å². The van der Waals surface area contributed by atoms with Crippen molar-refractivity contribution in [2.45, 2.75) is 19.4 Å². The maximum atomic E-state index is 13.7. The summed E-state index contributed by atoms with van der Waals surface area (Å²) in [6.45, 7) is 2.39. The highest BCUT2D eigenvalue weighted by atomic mass is 19.1. The van der Waals surface area contributed by atoms with Gasteiger partial charge >= 0.3 is 11.7 Å². The molecule has 0 saturated carbocycles. The fourth-order valence-electron chi connectivity index (χ4n) is 1.82. The molecule has 2 N–H and O–H groups in total. The maximum absolute atomic E-state index is 13.7. The number of carboxylic acid groups (broad SMARTS) is 1. The lowest BCUT2D eigenvalue weighted by Crippen LogP contribution is -2.50. The summed E-state index contributed by atoms with van der Waals surface area (Å²) in [6, 6.07) is 3.79. The molecule has 0 atom stereocenters. The molecule has 2 aromatic rings. The van der Waals surface area contributed by atoms with Crippen molar-refractivity contribution < 1.29 is 14.3 Å². The Hall–Kier alpha value is -2.44. The topological polar surface area (TPSA) is 92.2 Å². The van der Waals surface area contributed by atoms with Crippen molar-refractivity contribution in [2.75, 3.05) is 0 Å². The van der Waals surface area contributed by atoms with E-state index in [1.807, 2.05) is 0 Å². The average molecular weight is 266 g/mol. The first-order chi connectivity index (χ1) is 8.76. The number of carbonyl (C=O) groups is 1. The van der Waals surface area contributed by atoms with E-state index in [-0.39, 0.29) is 10.9 Å². The Balaban J connectivity index is 3.00. The normalized spacial score (nSPS) is 11.7. The fourth-order valence-corrected chi connectivity index (χ4v) is 1.82. The SMILES string of the molecule is CC(C)(C(=O)O)n1c(=O)[nH]c2cccc(F)c2c1=O. The van der Waals surface area contributed by atoms with Crippen molar-refractivity contribution >= 4 is 16.9 Å². The molecule has 0 aliphatic rings. The van der Waals surface area contributed by atoms with Gasteiger partial charge in [-0.3, -0.25) is 4.79 Å². The standard InChI is InChI=1S/C12H11FN2O4/c1-12(2,10(17)18)15-9(16)8-6(13)4-3-5-7(8)14-11(15)19/h3-5H,1-2H3,(H,14,19)(H,17,18). The molecule has 0 spiro atoms. The van der Waals surface area contributed by atoms with Crippen molar-refractivity contribution in [1.82, 2.24) is 9.55 Å². The van der Waals surface area contributed by atoms with Crippen LogP contribution in [0.4, 0.5) is 4.39 Å². The summed E-state index contributed by atoms with van der Waals surface area (Å²) in [7, 11) is 0. The van der Waals surface area contributed by atoms with Gasteiger partial charge in [-0.15, -0.1) is 0 Å². The summed E-state index contributed by atoms with van der Waals surface area (Å²) in [6.07, 6.45) is 0. The van der Waals surface area contributed by atoms with Gasteiger partial charge in [0.05, 0.1) is 10.9 Å². The van der Waals surface area contributed by atoms with Crippen LogP contribution in [0.3, 0.4) is 0 Å². The van der Waals surface area contributed by atoms with E-state index in [4.69, 9.17) is 5.11 Å². The lowest BCUT2D eigenvalue weighted by molar-refractivity contribution is -0.146. The third kappa shape index (κ3) is 1.83. The number of nitrogens with zero attached hydrogens (tertiary/aromatic N) is 1. The first kappa shape index (κ1) is 13.0. The number of fused-ring (bicyclic) bond motifs is 1. The number of aromatic amines is 1. The van der Waals surface area contributed by atoms with Crippen molar-refractivity contribution in [3.05, 3.63) is 44.9 Å². The van der Waals surface area contributed by atoms with Crippen LogP contribution in [0.5, 0.6) is 0 Å². The fraction of sp³-hybridized carbons (Fsp3) is 0.250. The van der Waals surface area contributed by atoms with E-state index in [0.29, 0.717) is 4.57 Å². The summed E-state index contributed by atoms with van der Waals surface area (Å²) < 4.78 is 14.2. The lowest BCUT2D eigenvalue weighted by atomic mass is 10.1. The molecule has 2 rings (SSSR count). The minimum atomic E-state index is -1.78. The number of H-pyrrole nitrogens is 1. The molecule has 0 aliphatic heterocycles. The van der Waals surface area contributed by atoms with Gasteiger partial charge in [-0.1, -0.05) is 6.07 Å². The minimum Gasteiger partial charge on any atom is -0.480 e. The van der Waals surface area contributed by atoms with Crippen LogP contribution >= 0.6 is 0 Å². The Labute approximate surface area is 106 Å². The van der Waals surface area contributed by atoms with Crippen LogP contribution in [0.2, 0.25) is 0 Å². The average Bonchev–Trinajstić information content (AvgIpc) is 2.27. The molecule has 1 aromatic heterocycles. The zero-order valence-electron chi connectivity index (χ0n) is 10.2. The Morgan fingerprint density at radius 2 is 2.00 bits per heavy atom. The number of nitrogens with one attached hydrogen (secondary N) is 1. The van der Waals surface area contributed by atoms with E-state index in [0.717, 1.165) is 6.07 Å². The zero-order valence-corrected chi connectivity index (χ0v) is 10.2. The Morgan fingerprint density at radius 1 is 1.37 bits per heavy atom. The van der Waals surface area contributed by atoms with Gasteiger partial charge in [0.15, 0.2) is 0 Å². The Bertz CT molecular complexity index is 788. The molecule has 0 saturated heterocycles. The van der Waals surface area contributed by atoms with Gasteiger partial charge in [0.25, 0.3) is 5.56 Å². The third-order valence-corrected chi connectivity index (χ3v) is 2.96. The van der Waals surface area contributed by atoms with Gasteiger partial charge < -0.3 is 10.1 Å². The summed E-state index contributed by atoms with van der Waals surface area (Å²) in [5, 5.41) is 8.74. The second kappa shape index (κ2) is 4.04. The Kier molecular flexibility index (Phi) is 2.77. The molecule has 0 fully saturated rings.